The summed E-state index contributed by atoms with van der Waals surface area (Å²) in [7, 11) is 2.93. The van der Waals surface area contributed by atoms with Crippen molar-refractivity contribution < 1.29 is 33.3 Å². The first-order valence-corrected chi connectivity index (χ1v) is 10.3. The molecule has 1 N–H and O–H groups in total. The molecule has 8 nitrogen and oxygen atoms in total. The van der Waals surface area contributed by atoms with Gasteiger partial charge in [0, 0.05) is 11.8 Å². The SMILES string of the molecule is CCOc1cccc(N2C(=O)C(=O)/C(=C(\O)c3cc(OC)ccc3OC)C2c2ccco2)c1. The second-order valence-electron chi connectivity index (χ2n) is 7.18. The van der Waals surface area contributed by atoms with E-state index in [1.54, 1.807) is 48.5 Å². The van der Waals surface area contributed by atoms with Crippen LogP contribution in [0.5, 0.6) is 17.2 Å². The summed E-state index contributed by atoms with van der Waals surface area (Å²) in [4.78, 5) is 27.7. The highest BCUT2D eigenvalue weighted by Gasteiger charge is 2.48. The first-order chi connectivity index (χ1) is 16.0. The van der Waals surface area contributed by atoms with Crippen molar-refractivity contribution in [3.63, 3.8) is 0 Å². The lowest BCUT2D eigenvalue weighted by atomic mass is 9.98. The molecule has 8 heteroatoms. The molecule has 0 radical (unpaired) electrons. The number of hydrogen-bond donors (Lipinski definition) is 1. The third-order valence-corrected chi connectivity index (χ3v) is 5.33. The molecule has 1 aromatic heterocycles. The summed E-state index contributed by atoms with van der Waals surface area (Å²) in [5.74, 6) is -0.409. The van der Waals surface area contributed by atoms with E-state index < -0.39 is 23.5 Å². The standard InChI is InChI=1S/C25H23NO7/c1-4-32-17-8-5-7-15(13-17)26-22(20-9-6-12-33-20)21(24(28)25(26)29)23(27)18-14-16(30-2)10-11-19(18)31-3/h5-14,22,27H,4H2,1-3H3/b23-21-. The number of Topliss-reactive ketones (excluding diaryl/α,β-unsaturated/α-hetero) is 1. The largest absolute Gasteiger partial charge is 0.507 e. The van der Waals surface area contributed by atoms with Crippen LogP contribution in [0.4, 0.5) is 5.69 Å². The number of aliphatic hydroxyl groups excluding tert-OH is 1. The molecule has 3 aromatic rings. The van der Waals surface area contributed by atoms with E-state index in [4.69, 9.17) is 18.6 Å². The van der Waals surface area contributed by atoms with Crippen molar-refractivity contribution in [2.24, 2.45) is 0 Å². The van der Waals surface area contributed by atoms with Crippen LogP contribution in [-0.4, -0.2) is 37.6 Å². The monoisotopic (exact) mass is 449 g/mol. The Morgan fingerprint density at radius 3 is 2.52 bits per heavy atom. The molecule has 1 saturated heterocycles. The summed E-state index contributed by atoms with van der Waals surface area (Å²) in [6.45, 7) is 2.29. The van der Waals surface area contributed by atoms with E-state index in [0.717, 1.165) is 0 Å². The highest BCUT2D eigenvalue weighted by atomic mass is 16.5. The predicted octanol–water partition coefficient (Wildman–Crippen LogP) is 4.32. The molecule has 170 valence electrons. The molecule has 4 rings (SSSR count). The van der Waals surface area contributed by atoms with Crippen molar-refractivity contribution in [1.82, 2.24) is 0 Å². The molecule has 1 aliphatic rings. The number of methoxy groups -OCH3 is 2. The molecule has 33 heavy (non-hydrogen) atoms. The lowest BCUT2D eigenvalue weighted by molar-refractivity contribution is -0.132. The summed E-state index contributed by atoms with van der Waals surface area (Å²) in [5, 5.41) is 11.3. The number of carbonyl (C=O) groups is 2. The Kier molecular flexibility index (Phi) is 6.08. The number of benzene rings is 2. The fourth-order valence-corrected chi connectivity index (χ4v) is 3.85. The molecular weight excluding hydrogens is 426 g/mol. The molecule has 0 bridgehead atoms. The van der Waals surface area contributed by atoms with Crippen molar-refractivity contribution in [3.05, 3.63) is 77.8 Å². The Morgan fingerprint density at radius 1 is 1.03 bits per heavy atom. The van der Waals surface area contributed by atoms with Gasteiger partial charge in [0.15, 0.2) is 0 Å². The number of nitrogens with zero attached hydrogens (tertiary/aromatic N) is 1. The van der Waals surface area contributed by atoms with Gasteiger partial charge in [-0.25, -0.2) is 0 Å². The minimum atomic E-state index is -0.993. The fraction of sp³-hybridized carbons (Fsp3) is 0.200. The van der Waals surface area contributed by atoms with Crippen LogP contribution in [0.2, 0.25) is 0 Å². The van der Waals surface area contributed by atoms with Crippen molar-refractivity contribution >= 4 is 23.1 Å². The number of rotatable bonds is 7. The molecule has 0 aliphatic carbocycles. The Balaban J connectivity index is 1.93. The second kappa shape index (κ2) is 9.12. The van der Waals surface area contributed by atoms with Gasteiger partial charge in [-0.2, -0.15) is 0 Å². The van der Waals surface area contributed by atoms with E-state index in [2.05, 4.69) is 0 Å². The van der Waals surface area contributed by atoms with Gasteiger partial charge < -0.3 is 23.7 Å². The van der Waals surface area contributed by atoms with Crippen molar-refractivity contribution in [2.75, 3.05) is 25.7 Å². The Labute approximate surface area is 190 Å². The molecule has 0 saturated carbocycles. The highest BCUT2D eigenvalue weighted by Crippen LogP contribution is 2.44. The van der Waals surface area contributed by atoms with Crippen molar-refractivity contribution in [1.29, 1.82) is 0 Å². The summed E-state index contributed by atoms with van der Waals surface area (Å²) in [5.41, 5.74) is 0.527. The first kappa shape index (κ1) is 22.0. The number of aliphatic hydroxyl groups is 1. The zero-order valence-electron chi connectivity index (χ0n) is 18.4. The average molecular weight is 449 g/mol. The van der Waals surface area contributed by atoms with Crippen LogP contribution < -0.4 is 19.1 Å². The smallest absolute Gasteiger partial charge is 0.300 e. The third-order valence-electron chi connectivity index (χ3n) is 5.33. The number of ketones is 1. The maximum Gasteiger partial charge on any atom is 0.300 e. The van der Waals surface area contributed by atoms with Gasteiger partial charge in [0.05, 0.1) is 38.2 Å². The quantitative estimate of drug-likeness (QED) is 0.326. The van der Waals surface area contributed by atoms with Crippen LogP contribution in [0, 0.1) is 0 Å². The summed E-state index contributed by atoms with van der Waals surface area (Å²) < 4.78 is 21.8. The number of amides is 1. The van der Waals surface area contributed by atoms with Crippen LogP contribution in [0.3, 0.4) is 0 Å². The van der Waals surface area contributed by atoms with Gasteiger partial charge in [-0.3, -0.25) is 14.5 Å². The van der Waals surface area contributed by atoms with Gasteiger partial charge >= 0.3 is 0 Å². The Morgan fingerprint density at radius 2 is 1.85 bits per heavy atom. The molecule has 1 unspecified atom stereocenters. The normalized spacial score (nSPS) is 17.3. The number of furan rings is 1. The average Bonchev–Trinajstić information content (AvgIpc) is 3.45. The topological polar surface area (TPSA) is 98.4 Å². The van der Waals surface area contributed by atoms with Gasteiger partial charge in [0.1, 0.15) is 34.8 Å². The zero-order chi connectivity index (χ0) is 23.5. The summed E-state index contributed by atoms with van der Waals surface area (Å²) in [6, 6.07) is 14.0. The van der Waals surface area contributed by atoms with E-state index in [1.807, 2.05) is 6.92 Å². The van der Waals surface area contributed by atoms with Gasteiger partial charge in [0.25, 0.3) is 11.7 Å². The number of anilines is 1. The molecule has 1 amide bonds. The lowest BCUT2D eigenvalue weighted by Crippen LogP contribution is -2.29. The van der Waals surface area contributed by atoms with E-state index in [1.165, 1.54) is 31.4 Å². The van der Waals surface area contributed by atoms with Gasteiger partial charge in [-0.1, -0.05) is 6.07 Å². The van der Waals surface area contributed by atoms with Crippen LogP contribution >= 0.6 is 0 Å². The fourth-order valence-electron chi connectivity index (χ4n) is 3.85. The Hall–Kier alpha value is -4.20. The molecule has 2 aromatic carbocycles. The van der Waals surface area contributed by atoms with Crippen molar-refractivity contribution in [2.45, 2.75) is 13.0 Å². The highest BCUT2D eigenvalue weighted by molar-refractivity contribution is 6.51. The molecule has 2 heterocycles. The Bertz CT molecular complexity index is 1210. The minimum Gasteiger partial charge on any atom is -0.507 e. The van der Waals surface area contributed by atoms with Gasteiger partial charge in [0.2, 0.25) is 0 Å². The molecule has 1 atom stereocenters. The van der Waals surface area contributed by atoms with E-state index >= 15 is 0 Å². The molecule has 1 aliphatic heterocycles. The van der Waals surface area contributed by atoms with Crippen LogP contribution in [0.25, 0.3) is 5.76 Å². The number of ether oxygens (including phenoxy) is 3. The second-order valence-corrected chi connectivity index (χ2v) is 7.18. The number of carbonyl (C=O) groups excluding carboxylic acids is 2. The van der Waals surface area contributed by atoms with E-state index in [0.29, 0.717) is 35.3 Å². The molecule has 1 fully saturated rings. The van der Waals surface area contributed by atoms with E-state index in [-0.39, 0.29) is 11.1 Å². The van der Waals surface area contributed by atoms with Gasteiger partial charge in [-0.15, -0.1) is 0 Å². The van der Waals surface area contributed by atoms with Gasteiger partial charge in [-0.05, 0) is 49.4 Å². The zero-order valence-corrected chi connectivity index (χ0v) is 18.4. The lowest BCUT2D eigenvalue weighted by Gasteiger charge is -2.24. The van der Waals surface area contributed by atoms with E-state index in [9.17, 15) is 14.7 Å². The molecular formula is C25H23NO7. The summed E-state index contributed by atoms with van der Waals surface area (Å²) in [6.07, 6.45) is 1.44. The summed E-state index contributed by atoms with van der Waals surface area (Å²) >= 11 is 0. The maximum atomic E-state index is 13.2. The first-order valence-electron chi connectivity index (χ1n) is 10.3. The minimum absolute atomic E-state index is 0.122. The number of hydrogen-bond acceptors (Lipinski definition) is 7. The molecule has 0 spiro atoms. The maximum absolute atomic E-state index is 13.2. The predicted molar refractivity (Wildman–Crippen MR) is 121 cm³/mol. The third kappa shape index (κ3) is 3.91. The van der Waals surface area contributed by atoms with Crippen molar-refractivity contribution in [3.8, 4) is 17.2 Å². The van der Waals surface area contributed by atoms with Crippen LogP contribution in [-0.2, 0) is 9.59 Å². The van der Waals surface area contributed by atoms with Crippen LogP contribution in [0.15, 0.2) is 70.9 Å². The van der Waals surface area contributed by atoms with Crippen LogP contribution in [0.1, 0.15) is 24.3 Å².